The van der Waals surface area contributed by atoms with E-state index in [9.17, 15) is 18.0 Å². The highest BCUT2D eigenvalue weighted by Crippen LogP contribution is 2.33. The predicted octanol–water partition coefficient (Wildman–Crippen LogP) is 4.29. The minimum absolute atomic E-state index is 0.0299. The van der Waals surface area contributed by atoms with Crippen LogP contribution in [0.15, 0.2) is 95.9 Å². The number of ether oxygens (including phenoxy) is 2. The summed E-state index contributed by atoms with van der Waals surface area (Å²) in [5, 5.41) is 1.59. The molecule has 0 radical (unpaired) electrons. The van der Waals surface area contributed by atoms with Gasteiger partial charge in [-0.05, 0) is 66.1 Å². The zero-order valence-corrected chi connectivity index (χ0v) is 21.5. The van der Waals surface area contributed by atoms with Gasteiger partial charge in [0.15, 0.2) is 11.5 Å². The lowest BCUT2D eigenvalue weighted by molar-refractivity contribution is -0.132. The maximum Gasteiger partial charge on any atom is 0.264 e. The summed E-state index contributed by atoms with van der Waals surface area (Å²) in [6.45, 7) is 2.18. The first-order chi connectivity index (χ1) is 18.4. The van der Waals surface area contributed by atoms with Gasteiger partial charge in [-0.2, -0.15) is 0 Å². The Morgan fingerprint density at radius 3 is 2.34 bits per heavy atom. The van der Waals surface area contributed by atoms with Gasteiger partial charge in [0, 0.05) is 12.2 Å². The van der Waals surface area contributed by atoms with Crippen molar-refractivity contribution in [2.45, 2.75) is 18.2 Å². The molecule has 2 amide bonds. The van der Waals surface area contributed by atoms with Gasteiger partial charge in [0.1, 0.15) is 5.92 Å². The number of amides is 2. The first kappa shape index (κ1) is 25.3. The molecule has 38 heavy (non-hydrogen) atoms. The van der Waals surface area contributed by atoms with E-state index in [-0.39, 0.29) is 18.1 Å². The molecule has 4 aromatic carbocycles. The molecule has 1 unspecified atom stereocenters. The Bertz CT molecular complexity index is 1600. The Hall–Kier alpha value is -4.37. The van der Waals surface area contributed by atoms with Crippen molar-refractivity contribution >= 4 is 38.3 Å². The molecule has 5 rings (SSSR count). The van der Waals surface area contributed by atoms with Crippen LogP contribution >= 0.6 is 0 Å². The number of nitrogens with zero attached hydrogens (tertiary/aromatic N) is 1. The molecule has 1 aliphatic heterocycles. The Kier molecular flexibility index (Phi) is 7.02. The zero-order valence-electron chi connectivity index (χ0n) is 20.7. The number of nitrogens with one attached hydrogen (secondary N) is 1. The molecule has 0 bridgehead atoms. The van der Waals surface area contributed by atoms with E-state index in [0.717, 1.165) is 10.8 Å². The summed E-state index contributed by atoms with van der Waals surface area (Å²) in [6, 6.07) is 26.0. The smallest absolute Gasteiger partial charge is 0.264 e. The van der Waals surface area contributed by atoms with Crippen molar-refractivity contribution in [3.8, 4) is 11.5 Å². The molecule has 0 saturated carbocycles. The Morgan fingerprint density at radius 2 is 1.58 bits per heavy atom. The second-order valence-electron chi connectivity index (χ2n) is 8.84. The maximum absolute atomic E-state index is 13.8. The largest absolute Gasteiger partial charge is 0.454 e. The van der Waals surface area contributed by atoms with Crippen molar-refractivity contribution < 1.29 is 27.5 Å². The van der Waals surface area contributed by atoms with Crippen LogP contribution < -0.4 is 19.1 Å². The van der Waals surface area contributed by atoms with Gasteiger partial charge in [-0.3, -0.25) is 9.59 Å². The number of carbonyl (C=O) groups is 2. The van der Waals surface area contributed by atoms with Gasteiger partial charge in [0.2, 0.25) is 18.6 Å². The van der Waals surface area contributed by atoms with E-state index in [2.05, 4.69) is 4.72 Å². The fourth-order valence-electron chi connectivity index (χ4n) is 4.45. The molecule has 0 aromatic heterocycles. The van der Waals surface area contributed by atoms with Gasteiger partial charge in [-0.25, -0.2) is 13.1 Å². The van der Waals surface area contributed by atoms with Gasteiger partial charge >= 0.3 is 0 Å². The van der Waals surface area contributed by atoms with Crippen molar-refractivity contribution in [1.82, 2.24) is 4.72 Å². The van der Waals surface area contributed by atoms with Crippen molar-refractivity contribution in [2.75, 3.05) is 18.2 Å². The van der Waals surface area contributed by atoms with Gasteiger partial charge < -0.3 is 14.4 Å². The summed E-state index contributed by atoms with van der Waals surface area (Å²) in [4.78, 5) is 28.7. The summed E-state index contributed by atoms with van der Waals surface area (Å²) in [5.74, 6) is -1.66. The van der Waals surface area contributed by atoms with Crippen LogP contribution in [0.4, 0.5) is 5.69 Å². The molecule has 0 saturated heterocycles. The molecule has 1 N–H and O–H groups in total. The monoisotopic (exact) mass is 530 g/mol. The minimum atomic E-state index is -4.24. The molecular formula is C29H26N2O6S. The Balaban J connectivity index is 1.46. The number of anilines is 1. The van der Waals surface area contributed by atoms with Crippen LogP contribution in [0.2, 0.25) is 0 Å². The van der Waals surface area contributed by atoms with Crippen molar-refractivity contribution in [3.05, 3.63) is 96.6 Å². The molecular weight excluding hydrogens is 504 g/mol. The third-order valence-corrected chi connectivity index (χ3v) is 7.75. The molecule has 8 nitrogen and oxygen atoms in total. The highest BCUT2D eigenvalue weighted by molar-refractivity contribution is 7.90. The standard InChI is InChI=1S/C29H26N2O6S/c1-2-31(23-10-4-3-5-11-23)29(33)25(16-20-12-15-26-27(17-20)37-19-36-26)28(32)30-38(34,35)24-14-13-21-8-6-7-9-22(21)18-24/h3-15,17-18,25H,2,16,19H2,1H3,(H,30,32). The molecule has 4 aromatic rings. The van der Waals surface area contributed by atoms with Crippen LogP contribution in [0.25, 0.3) is 10.8 Å². The van der Waals surface area contributed by atoms with Crippen LogP contribution in [-0.2, 0) is 26.0 Å². The summed E-state index contributed by atoms with van der Waals surface area (Å²) >= 11 is 0. The molecule has 9 heteroatoms. The van der Waals surface area contributed by atoms with Gasteiger partial charge in [-0.1, -0.05) is 54.6 Å². The quantitative estimate of drug-likeness (QED) is 0.341. The van der Waals surface area contributed by atoms with Crippen LogP contribution in [0, 0.1) is 5.92 Å². The molecule has 0 aliphatic carbocycles. The summed E-state index contributed by atoms with van der Waals surface area (Å²) < 4.78 is 39.4. The zero-order chi connectivity index (χ0) is 26.7. The van der Waals surface area contributed by atoms with Crippen molar-refractivity contribution in [2.24, 2.45) is 5.92 Å². The van der Waals surface area contributed by atoms with Crippen LogP contribution in [0.1, 0.15) is 12.5 Å². The number of carbonyl (C=O) groups excluding carboxylic acids is 2. The number of hydrogen-bond donors (Lipinski definition) is 1. The molecule has 1 aliphatic rings. The number of sulfonamides is 1. The number of para-hydroxylation sites is 1. The number of rotatable bonds is 8. The van der Waals surface area contributed by atoms with Crippen LogP contribution in [-0.4, -0.2) is 33.6 Å². The Morgan fingerprint density at radius 1 is 0.868 bits per heavy atom. The number of hydrogen-bond acceptors (Lipinski definition) is 6. The lowest BCUT2D eigenvalue weighted by Crippen LogP contribution is -2.46. The third kappa shape index (κ3) is 5.19. The second-order valence-corrected chi connectivity index (χ2v) is 10.5. The first-order valence-corrected chi connectivity index (χ1v) is 13.6. The normalized spacial score (nSPS) is 13.2. The summed E-state index contributed by atoms with van der Waals surface area (Å²) in [5.41, 5.74) is 1.25. The maximum atomic E-state index is 13.8. The molecule has 0 spiro atoms. The first-order valence-electron chi connectivity index (χ1n) is 12.2. The fourth-order valence-corrected chi connectivity index (χ4v) is 5.51. The van der Waals surface area contributed by atoms with Crippen molar-refractivity contribution in [1.29, 1.82) is 0 Å². The third-order valence-electron chi connectivity index (χ3n) is 6.41. The minimum Gasteiger partial charge on any atom is -0.454 e. The predicted molar refractivity (Wildman–Crippen MR) is 144 cm³/mol. The van der Waals surface area contributed by atoms with E-state index in [1.54, 1.807) is 67.6 Å². The van der Waals surface area contributed by atoms with E-state index in [0.29, 0.717) is 29.3 Å². The van der Waals surface area contributed by atoms with E-state index < -0.39 is 27.8 Å². The van der Waals surface area contributed by atoms with E-state index in [4.69, 9.17) is 9.47 Å². The Labute approximate surface area is 220 Å². The SMILES string of the molecule is CCN(C(=O)C(Cc1ccc2c(c1)OCO2)C(=O)NS(=O)(=O)c1ccc2ccccc2c1)c1ccccc1. The van der Waals surface area contributed by atoms with Gasteiger partial charge in [-0.15, -0.1) is 0 Å². The fraction of sp³-hybridized carbons (Fsp3) is 0.172. The average Bonchev–Trinajstić information content (AvgIpc) is 3.40. The second kappa shape index (κ2) is 10.5. The number of benzene rings is 4. The van der Waals surface area contributed by atoms with Crippen molar-refractivity contribution in [3.63, 3.8) is 0 Å². The van der Waals surface area contributed by atoms with E-state index >= 15 is 0 Å². The lowest BCUT2D eigenvalue weighted by atomic mass is 9.96. The summed E-state index contributed by atoms with van der Waals surface area (Å²) in [7, 11) is -4.24. The number of fused-ring (bicyclic) bond motifs is 2. The average molecular weight is 531 g/mol. The van der Waals surface area contributed by atoms with Gasteiger partial charge in [0.05, 0.1) is 4.90 Å². The van der Waals surface area contributed by atoms with E-state index in [1.165, 1.54) is 17.0 Å². The highest BCUT2D eigenvalue weighted by atomic mass is 32.2. The van der Waals surface area contributed by atoms with Gasteiger partial charge in [0.25, 0.3) is 10.0 Å². The van der Waals surface area contributed by atoms with Crippen LogP contribution in [0.3, 0.4) is 0 Å². The summed E-state index contributed by atoms with van der Waals surface area (Å²) in [6.07, 6.45) is -0.0299. The molecule has 0 fully saturated rings. The molecule has 194 valence electrons. The van der Waals surface area contributed by atoms with E-state index in [1.807, 2.05) is 18.2 Å². The van der Waals surface area contributed by atoms with Crippen LogP contribution in [0.5, 0.6) is 11.5 Å². The topological polar surface area (TPSA) is 102 Å². The molecule has 1 heterocycles. The lowest BCUT2D eigenvalue weighted by Gasteiger charge is -2.26. The molecule has 1 atom stereocenters. The highest BCUT2D eigenvalue weighted by Gasteiger charge is 2.34.